The summed E-state index contributed by atoms with van der Waals surface area (Å²) in [4.78, 5) is 14.7. The summed E-state index contributed by atoms with van der Waals surface area (Å²) in [5, 5.41) is 1.47. The number of carbonyl (C=O) groups excluding carboxylic acids is 1. The molecule has 0 saturated heterocycles. The number of hydrogen-bond donors (Lipinski definition) is 0. The van der Waals surface area contributed by atoms with Crippen molar-refractivity contribution in [3.63, 3.8) is 0 Å². The molecule has 3 nitrogen and oxygen atoms in total. The summed E-state index contributed by atoms with van der Waals surface area (Å²) in [5.41, 5.74) is 1.48. The Labute approximate surface area is 136 Å². The summed E-state index contributed by atoms with van der Waals surface area (Å²) in [6, 6.07) is 5.91. The average Bonchev–Trinajstić information content (AvgIpc) is 2.85. The minimum Gasteiger partial charge on any atom is -0.449 e. The van der Waals surface area contributed by atoms with Crippen molar-refractivity contribution in [2.45, 2.75) is 45.6 Å². The zero-order valence-corrected chi connectivity index (χ0v) is 14.1. The molecule has 1 fully saturated rings. The van der Waals surface area contributed by atoms with Crippen LogP contribution in [-0.2, 0) is 0 Å². The molecule has 118 valence electrons. The SMILES string of the molecule is Cc1c(C(=O)N(C)C2CCCCC2C)oc2c(Cl)cccc12. The van der Waals surface area contributed by atoms with Gasteiger partial charge in [-0.2, -0.15) is 0 Å². The van der Waals surface area contributed by atoms with Crippen LogP contribution >= 0.6 is 11.6 Å². The molecule has 0 spiro atoms. The predicted molar refractivity (Wildman–Crippen MR) is 89.5 cm³/mol. The number of benzene rings is 1. The molecule has 2 aromatic rings. The van der Waals surface area contributed by atoms with Crippen LogP contribution in [0.5, 0.6) is 0 Å². The lowest BCUT2D eigenvalue weighted by molar-refractivity contribution is 0.0599. The second kappa shape index (κ2) is 5.96. The summed E-state index contributed by atoms with van der Waals surface area (Å²) in [7, 11) is 1.89. The quantitative estimate of drug-likeness (QED) is 0.776. The van der Waals surface area contributed by atoms with E-state index in [4.69, 9.17) is 16.0 Å². The van der Waals surface area contributed by atoms with Gasteiger partial charge in [0.15, 0.2) is 11.3 Å². The van der Waals surface area contributed by atoms with Gasteiger partial charge in [-0.3, -0.25) is 4.79 Å². The molecular formula is C18H22ClNO2. The molecule has 4 heteroatoms. The zero-order chi connectivity index (χ0) is 15.9. The van der Waals surface area contributed by atoms with E-state index < -0.39 is 0 Å². The highest BCUT2D eigenvalue weighted by atomic mass is 35.5. The van der Waals surface area contributed by atoms with Gasteiger partial charge < -0.3 is 9.32 Å². The number of furan rings is 1. The minimum atomic E-state index is -0.0384. The van der Waals surface area contributed by atoms with Crippen molar-refractivity contribution in [3.05, 3.63) is 34.5 Å². The molecule has 1 aromatic carbocycles. The van der Waals surface area contributed by atoms with Crippen molar-refractivity contribution in [3.8, 4) is 0 Å². The van der Waals surface area contributed by atoms with E-state index in [0.29, 0.717) is 28.3 Å². The van der Waals surface area contributed by atoms with Crippen LogP contribution in [0.25, 0.3) is 11.0 Å². The molecule has 1 heterocycles. The van der Waals surface area contributed by atoms with Gasteiger partial charge in [0.1, 0.15) is 0 Å². The maximum atomic E-state index is 12.9. The molecule has 2 atom stereocenters. The molecule has 2 unspecified atom stereocenters. The first kappa shape index (κ1) is 15.4. The molecule has 0 N–H and O–H groups in total. The Balaban J connectivity index is 1.95. The summed E-state index contributed by atoms with van der Waals surface area (Å²) < 4.78 is 5.82. The number of carbonyl (C=O) groups is 1. The van der Waals surface area contributed by atoms with E-state index in [0.717, 1.165) is 17.4 Å². The topological polar surface area (TPSA) is 33.5 Å². The molecule has 3 rings (SSSR count). The maximum Gasteiger partial charge on any atom is 0.289 e. The lowest BCUT2D eigenvalue weighted by atomic mass is 9.85. The monoisotopic (exact) mass is 319 g/mol. The first-order valence-electron chi connectivity index (χ1n) is 7.95. The number of halogens is 1. The van der Waals surface area contributed by atoms with Gasteiger partial charge in [0, 0.05) is 24.0 Å². The number of nitrogens with zero attached hydrogens (tertiary/aromatic N) is 1. The third kappa shape index (κ3) is 2.52. The number of hydrogen-bond acceptors (Lipinski definition) is 2. The van der Waals surface area contributed by atoms with Crippen molar-refractivity contribution in [1.29, 1.82) is 0 Å². The van der Waals surface area contributed by atoms with E-state index in [9.17, 15) is 4.79 Å². The van der Waals surface area contributed by atoms with Crippen molar-refractivity contribution in [2.24, 2.45) is 5.92 Å². The van der Waals surface area contributed by atoms with Crippen LogP contribution in [0.4, 0.5) is 0 Å². The number of rotatable bonds is 2. The van der Waals surface area contributed by atoms with Gasteiger partial charge in [-0.1, -0.05) is 43.5 Å². The van der Waals surface area contributed by atoms with E-state index in [1.165, 1.54) is 19.3 Å². The van der Waals surface area contributed by atoms with E-state index in [2.05, 4.69) is 6.92 Å². The van der Waals surface area contributed by atoms with Crippen LogP contribution in [0.2, 0.25) is 5.02 Å². The van der Waals surface area contributed by atoms with Gasteiger partial charge in [0.05, 0.1) is 5.02 Å². The molecule has 0 aliphatic heterocycles. The molecule has 1 aliphatic carbocycles. The van der Waals surface area contributed by atoms with Crippen LogP contribution in [0.1, 0.15) is 48.7 Å². The predicted octanol–water partition coefficient (Wildman–Crippen LogP) is 5.05. The molecule has 22 heavy (non-hydrogen) atoms. The highest BCUT2D eigenvalue weighted by molar-refractivity contribution is 6.35. The third-order valence-corrected chi connectivity index (χ3v) is 5.29. The number of para-hydroxylation sites is 1. The van der Waals surface area contributed by atoms with E-state index in [1.807, 2.05) is 31.0 Å². The average molecular weight is 320 g/mol. The summed E-state index contributed by atoms with van der Waals surface area (Å²) in [6.45, 7) is 4.16. The molecule has 1 aromatic heterocycles. The fourth-order valence-corrected chi connectivity index (χ4v) is 3.81. The second-order valence-electron chi connectivity index (χ2n) is 6.42. The van der Waals surface area contributed by atoms with Gasteiger partial charge in [0.25, 0.3) is 5.91 Å². The van der Waals surface area contributed by atoms with Gasteiger partial charge >= 0.3 is 0 Å². The van der Waals surface area contributed by atoms with Crippen LogP contribution in [0.15, 0.2) is 22.6 Å². The standard InChI is InChI=1S/C18H22ClNO2/c1-11-7-4-5-10-15(11)20(3)18(21)16-12(2)13-8-6-9-14(19)17(13)22-16/h6,8-9,11,15H,4-5,7,10H2,1-3H3. The molecule has 1 saturated carbocycles. The summed E-state index contributed by atoms with van der Waals surface area (Å²) >= 11 is 6.18. The number of amides is 1. The van der Waals surface area contributed by atoms with E-state index in [1.54, 1.807) is 6.07 Å². The van der Waals surface area contributed by atoms with Gasteiger partial charge in [-0.15, -0.1) is 0 Å². The summed E-state index contributed by atoms with van der Waals surface area (Å²) in [5.74, 6) is 0.919. The van der Waals surface area contributed by atoms with E-state index >= 15 is 0 Å². The van der Waals surface area contributed by atoms with Crippen molar-refractivity contribution in [1.82, 2.24) is 4.90 Å². The fourth-order valence-electron chi connectivity index (χ4n) is 3.60. The smallest absolute Gasteiger partial charge is 0.289 e. The third-order valence-electron chi connectivity index (χ3n) is 4.99. The Bertz CT molecular complexity index is 706. The van der Waals surface area contributed by atoms with Crippen molar-refractivity contribution < 1.29 is 9.21 Å². The maximum absolute atomic E-state index is 12.9. The Kier molecular flexibility index (Phi) is 4.18. The molecule has 1 amide bonds. The first-order valence-corrected chi connectivity index (χ1v) is 8.33. The van der Waals surface area contributed by atoms with Crippen LogP contribution in [0, 0.1) is 12.8 Å². The lowest BCUT2D eigenvalue weighted by Crippen LogP contribution is -2.42. The highest BCUT2D eigenvalue weighted by Crippen LogP contribution is 2.33. The second-order valence-corrected chi connectivity index (χ2v) is 6.83. The molecule has 0 radical (unpaired) electrons. The minimum absolute atomic E-state index is 0.0384. The Morgan fingerprint density at radius 3 is 2.73 bits per heavy atom. The zero-order valence-electron chi connectivity index (χ0n) is 13.4. The van der Waals surface area contributed by atoms with Gasteiger partial charge in [0.2, 0.25) is 0 Å². The lowest BCUT2D eigenvalue weighted by Gasteiger charge is -2.35. The molecule has 0 bridgehead atoms. The Hall–Kier alpha value is -1.48. The Morgan fingerprint density at radius 1 is 1.32 bits per heavy atom. The van der Waals surface area contributed by atoms with Crippen LogP contribution < -0.4 is 0 Å². The Morgan fingerprint density at radius 2 is 2.05 bits per heavy atom. The van der Waals surface area contributed by atoms with Crippen LogP contribution in [-0.4, -0.2) is 23.9 Å². The van der Waals surface area contributed by atoms with Gasteiger partial charge in [-0.25, -0.2) is 0 Å². The fraction of sp³-hybridized carbons (Fsp3) is 0.500. The number of aryl methyl sites for hydroxylation is 1. The number of fused-ring (bicyclic) bond motifs is 1. The summed E-state index contributed by atoms with van der Waals surface area (Å²) in [6.07, 6.45) is 4.72. The largest absolute Gasteiger partial charge is 0.449 e. The first-order chi connectivity index (χ1) is 10.5. The molecule has 1 aliphatic rings. The van der Waals surface area contributed by atoms with Gasteiger partial charge in [-0.05, 0) is 31.7 Å². The van der Waals surface area contributed by atoms with E-state index in [-0.39, 0.29) is 5.91 Å². The molecular weight excluding hydrogens is 298 g/mol. The van der Waals surface area contributed by atoms with Crippen LogP contribution in [0.3, 0.4) is 0 Å². The van der Waals surface area contributed by atoms with Crippen molar-refractivity contribution in [2.75, 3.05) is 7.05 Å². The normalized spacial score (nSPS) is 22.0. The van der Waals surface area contributed by atoms with Crippen molar-refractivity contribution >= 4 is 28.5 Å². The highest BCUT2D eigenvalue weighted by Gasteiger charge is 2.31.